The number of carbonyl (C=O) groups is 1. The number of unbranched alkanes of at least 4 members (excludes halogenated alkanes) is 15. The third kappa shape index (κ3) is 30.8. The number of phosphoric ester groups is 1. The van der Waals surface area contributed by atoms with Crippen molar-refractivity contribution in [2.24, 2.45) is 0 Å². The molecule has 358 valence electrons. The fraction of sp³-hybridized carbons (Fsp3) is 0.735. The summed E-state index contributed by atoms with van der Waals surface area (Å²) < 4.78 is 34.2. The van der Waals surface area contributed by atoms with Crippen LogP contribution in [-0.4, -0.2) is 98.9 Å². The van der Waals surface area contributed by atoms with E-state index in [4.69, 9.17) is 18.5 Å². The minimum absolute atomic E-state index is 0.0946. The lowest BCUT2D eigenvalue weighted by atomic mass is 9.85. The summed E-state index contributed by atoms with van der Waals surface area (Å²) in [5.41, 5.74) is 0. The summed E-state index contributed by atoms with van der Waals surface area (Å²) in [4.78, 5) is 23.2. The first kappa shape index (κ1) is 57.8. The maximum atomic E-state index is 12.8. The molecule has 1 rings (SSSR count). The van der Waals surface area contributed by atoms with E-state index in [2.05, 4.69) is 86.8 Å². The average Bonchev–Trinajstić information content (AvgIpc) is 3.26. The molecule has 1 aliphatic rings. The number of aliphatic hydroxyl groups is 5. The van der Waals surface area contributed by atoms with Crippen LogP contribution in [0.4, 0.5) is 0 Å². The Morgan fingerprint density at radius 3 is 1.45 bits per heavy atom. The van der Waals surface area contributed by atoms with Crippen LogP contribution in [0.1, 0.15) is 168 Å². The van der Waals surface area contributed by atoms with Crippen LogP contribution in [-0.2, 0) is 27.9 Å². The lowest BCUT2D eigenvalue weighted by molar-refractivity contribution is -0.220. The monoisotopic (exact) mass is 897 g/mol. The van der Waals surface area contributed by atoms with Crippen LogP contribution >= 0.6 is 7.82 Å². The van der Waals surface area contributed by atoms with Crippen LogP contribution in [0.3, 0.4) is 0 Å². The third-order valence-electron chi connectivity index (χ3n) is 10.6. The molecule has 1 fully saturated rings. The van der Waals surface area contributed by atoms with E-state index in [0.717, 1.165) is 89.9 Å². The zero-order valence-electron chi connectivity index (χ0n) is 38.1. The number of esters is 1. The van der Waals surface area contributed by atoms with Crippen molar-refractivity contribution in [2.45, 2.75) is 211 Å². The van der Waals surface area contributed by atoms with Gasteiger partial charge in [-0.3, -0.25) is 13.8 Å². The van der Waals surface area contributed by atoms with Gasteiger partial charge in [-0.1, -0.05) is 151 Å². The fourth-order valence-corrected chi connectivity index (χ4v) is 7.76. The highest BCUT2D eigenvalue weighted by atomic mass is 31.2. The van der Waals surface area contributed by atoms with Gasteiger partial charge in [0.1, 0.15) is 42.7 Å². The highest BCUT2D eigenvalue weighted by Crippen LogP contribution is 2.47. The fourth-order valence-electron chi connectivity index (χ4n) is 6.79. The summed E-state index contributed by atoms with van der Waals surface area (Å²) in [6.45, 7) is 4.07. The average molecular weight is 897 g/mol. The molecule has 1 saturated carbocycles. The highest BCUT2D eigenvalue weighted by molar-refractivity contribution is 7.47. The van der Waals surface area contributed by atoms with Gasteiger partial charge < -0.3 is 39.9 Å². The lowest BCUT2D eigenvalue weighted by Gasteiger charge is -2.41. The number of hydrogen-bond acceptors (Lipinski definition) is 11. The minimum Gasteiger partial charge on any atom is -0.457 e. The quantitative estimate of drug-likeness (QED) is 0.0148. The Labute approximate surface area is 374 Å². The Morgan fingerprint density at radius 2 is 0.952 bits per heavy atom. The van der Waals surface area contributed by atoms with E-state index in [1.165, 1.54) is 51.4 Å². The molecule has 0 aromatic rings. The summed E-state index contributed by atoms with van der Waals surface area (Å²) in [6.07, 6.45) is 38.2. The van der Waals surface area contributed by atoms with Crippen molar-refractivity contribution in [2.75, 3.05) is 19.8 Å². The second-order valence-corrected chi connectivity index (χ2v) is 17.6. The normalized spacial score (nSPS) is 22.6. The maximum Gasteiger partial charge on any atom is 0.472 e. The van der Waals surface area contributed by atoms with E-state index in [1.54, 1.807) is 0 Å². The molecule has 1 aliphatic carbocycles. The topological polar surface area (TPSA) is 192 Å². The molecule has 0 saturated heterocycles. The molecule has 0 radical (unpaired) electrons. The van der Waals surface area contributed by atoms with Crippen molar-refractivity contribution < 1.29 is 58.3 Å². The first-order valence-electron chi connectivity index (χ1n) is 23.8. The second-order valence-electron chi connectivity index (χ2n) is 16.2. The molecule has 62 heavy (non-hydrogen) atoms. The number of rotatable bonds is 39. The van der Waals surface area contributed by atoms with E-state index in [1.807, 2.05) is 0 Å². The number of ether oxygens (including phenoxy) is 2. The van der Waals surface area contributed by atoms with Gasteiger partial charge in [0, 0.05) is 13.0 Å². The van der Waals surface area contributed by atoms with Crippen LogP contribution in [0.25, 0.3) is 0 Å². The van der Waals surface area contributed by atoms with Crippen molar-refractivity contribution >= 4 is 13.8 Å². The highest BCUT2D eigenvalue weighted by Gasteiger charge is 2.51. The molecule has 0 aromatic heterocycles. The Balaban J connectivity index is 2.41. The first-order chi connectivity index (χ1) is 30.0. The Hall–Kier alpha value is -2.22. The van der Waals surface area contributed by atoms with Crippen LogP contribution in [0.15, 0.2) is 72.9 Å². The van der Waals surface area contributed by atoms with Crippen molar-refractivity contribution in [3.05, 3.63) is 72.9 Å². The second kappa shape index (κ2) is 39.2. The molecule has 6 atom stereocenters. The number of hydrogen-bond donors (Lipinski definition) is 6. The van der Waals surface area contributed by atoms with Crippen LogP contribution in [0.5, 0.6) is 0 Å². The Morgan fingerprint density at radius 1 is 0.532 bits per heavy atom. The molecule has 0 bridgehead atoms. The van der Waals surface area contributed by atoms with Gasteiger partial charge in [-0.15, -0.1) is 0 Å². The summed E-state index contributed by atoms with van der Waals surface area (Å²) >= 11 is 0. The lowest BCUT2D eigenvalue weighted by Crippen LogP contribution is -2.64. The van der Waals surface area contributed by atoms with Crippen molar-refractivity contribution in [3.63, 3.8) is 0 Å². The molecule has 0 amide bonds. The molecule has 13 heteroatoms. The van der Waals surface area contributed by atoms with Crippen molar-refractivity contribution in [3.8, 4) is 0 Å². The zero-order valence-corrected chi connectivity index (χ0v) is 39.0. The van der Waals surface area contributed by atoms with Gasteiger partial charge in [0.05, 0.1) is 13.2 Å². The Bertz CT molecular complexity index is 1300. The first-order valence-corrected chi connectivity index (χ1v) is 25.3. The molecular formula is C49H85O12P. The van der Waals surface area contributed by atoms with E-state index in [0.29, 0.717) is 13.0 Å². The summed E-state index contributed by atoms with van der Waals surface area (Å²) in [6, 6.07) is 0. The molecular weight excluding hydrogens is 812 g/mol. The van der Waals surface area contributed by atoms with Gasteiger partial charge >= 0.3 is 13.8 Å². The van der Waals surface area contributed by atoms with Crippen LogP contribution in [0, 0.1) is 0 Å². The molecule has 6 N–H and O–H groups in total. The van der Waals surface area contributed by atoms with Crippen LogP contribution < -0.4 is 0 Å². The summed E-state index contributed by atoms with van der Waals surface area (Å²) in [7, 11) is -5.03. The molecule has 0 heterocycles. The SMILES string of the molecule is CC/C=C\C/C=C\C/C=C\C/C=C\CCCCCCC(=O)OC(COCCCCCCCCCC/C=C\C/C=C\CCCCC)COP(=O)(O)OC1C(O)C(O)C(O)C(O)C1O. The van der Waals surface area contributed by atoms with E-state index in [-0.39, 0.29) is 13.0 Å². The zero-order chi connectivity index (χ0) is 45.5. The van der Waals surface area contributed by atoms with E-state index < -0.39 is 63.1 Å². The van der Waals surface area contributed by atoms with E-state index >= 15 is 0 Å². The molecule has 12 nitrogen and oxygen atoms in total. The van der Waals surface area contributed by atoms with Gasteiger partial charge in [-0.25, -0.2) is 4.57 Å². The maximum absolute atomic E-state index is 12.8. The van der Waals surface area contributed by atoms with Crippen LogP contribution in [0.2, 0.25) is 0 Å². The van der Waals surface area contributed by atoms with Crippen molar-refractivity contribution in [1.29, 1.82) is 0 Å². The molecule has 0 aromatic carbocycles. The largest absolute Gasteiger partial charge is 0.472 e. The standard InChI is InChI=1S/C49H85O12P/c1-3-5-7-9-11-13-15-17-19-21-23-25-27-29-31-33-35-37-39-58-40-42(41-59-62(56,57)61-49-47(54)45(52)44(51)46(53)48(49)55)60-43(50)38-36-34-32-30-28-26-24-22-20-18-16-14-12-10-8-6-4-2/h6,8,11-14,17-20,24,26,42,44-49,51-55H,3-5,7,9-10,15-16,21-23,25,27-41H2,1-2H3,(H,56,57)/b8-6-,13-11-,14-12-,19-17-,20-18-,26-24-. The van der Waals surface area contributed by atoms with Gasteiger partial charge in [-0.2, -0.15) is 0 Å². The van der Waals surface area contributed by atoms with E-state index in [9.17, 15) is 39.8 Å². The smallest absolute Gasteiger partial charge is 0.457 e. The predicted molar refractivity (Wildman–Crippen MR) is 248 cm³/mol. The summed E-state index contributed by atoms with van der Waals surface area (Å²) in [5.74, 6) is -0.505. The van der Waals surface area contributed by atoms with Gasteiger partial charge in [0.25, 0.3) is 0 Å². The number of allylic oxidation sites excluding steroid dienone is 12. The predicted octanol–water partition coefficient (Wildman–Crippen LogP) is 9.97. The molecule has 6 unspecified atom stereocenters. The van der Waals surface area contributed by atoms with Gasteiger partial charge in [-0.05, 0) is 83.5 Å². The molecule has 0 spiro atoms. The summed E-state index contributed by atoms with van der Waals surface area (Å²) in [5, 5.41) is 50.2. The number of carbonyl (C=O) groups excluding carboxylic acids is 1. The number of aliphatic hydroxyl groups excluding tert-OH is 5. The Kier molecular flexibility index (Phi) is 36.5. The van der Waals surface area contributed by atoms with Gasteiger partial charge in [0.2, 0.25) is 0 Å². The molecule has 0 aliphatic heterocycles. The minimum atomic E-state index is -5.03. The van der Waals surface area contributed by atoms with Crippen molar-refractivity contribution in [1.82, 2.24) is 0 Å². The number of phosphoric acid groups is 1. The van der Waals surface area contributed by atoms with Gasteiger partial charge in [0.15, 0.2) is 0 Å². The third-order valence-corrected chi connectivity index (χ3v) is 11.5.